The Balaban J connectivity index is 2.18. The van der Waals surface area contributed by atoms with Crippen LogP contribution < -0.4 is 15.8 Å². The molecule has 98 valence electrons. The SMILES string of the molecule is COc1ccc(NC(=O)c2cccc(Cl)c2N)cn1. The summed E-state index contributed by atoms with van der Waals surface area (Å²) in [5, 5.41) is 3.03. The molecule has 1 aromatic carbocycles. The van der Waals surface area contributed by atoms with Crippen LogP contribution in [0.3, 0.4) is 0 Å². The fourth-order valence-electron chi connectivity index (χ4n) is 1.51. The predicted octanol–water partition coefficient (Wildman–Crippen LogP) is 2.58. The summed E-state index contributed by atoms with van der Waals surface area (Å²) in [6.45, 7) is 0. The number of aromatic nitrogens is 1. The molecule has 5 nitrogen and oxygen atoms in total. The number of nitrogens with zero attached hydrogens (tertiary/aromatic N) is 1. The Morgan fingerprint density at radius 3 is 2.79 bits per heavy atom. The average molecular weight is 278 g/mol. The molecule has 2 rings (SSSR count). The van der Waals surface area contributed by atoms with Crippen LogP contribution in [0.15, 0.2) is 36.5 Å². The van der Waals surface area contributed by atoms with E-state index in [4.69, 9.17) is 22.1 Å². The van der Waals surface area contributed by atoms with E-state index in [9.17, 15) is 4.79 Å². The second-order valence-corrected chi connectivity index (χ2v) is 4.15. The van der Waals surface area contributed by atoms with E-state index in [1.54, 1.807) is 30.3 Å². The highest BCUT2D eigenvalue weighted by Crippen LogP contribution is 2.23. The largest absolute Gasteiger partial charge is 0.481 e. The maximum Gasteiger partial charge on any atom is 0.257 e. The summed E-state index contributed by atoms with van der Waals surface area (Å²) in [5.41, 5.74) is 6.88. The highest BCUT2D eigenvalue weighted by atomic mass is 35.5. The second-order valence-electron chi connectivity index (χ2n) is 3.74. The molecule has 19 heavy (non-hydrogen) atoms. The maximum atomic E-state index is 12.0. The minimum Gasteiger partial charge on any atom is -0.481 e. The van der Waals surface area contributed by atoms with Crippen molar-refractivity contribution in [3.8, 4) is 5.88 Å². The molecular formula is C13H12ClN3O2. The average Bonchev–Trinajstić information content (AvgIpc) is 2.42. The van der Waals surface area contributed by atoms with Gasteiger partial charge in [0.05, 0.1) is 35.3 Å². The van der Waals surface area contributed by atoms with Crippen LogP contribution in [0.1, 0.15) is 10.4 Å². The Morgan fingerprint density at radius 2 is 2.16 bits per heavy atom. The van der Waals surface area contributed by atoms with Gasteiger partial charge < -0.3 is 15.8 Å². The van der Waals surface area contributed by atoms with Gasteiger partial charge in [-0.25, -0.2) is 4.98 Å². The topological polar surface area (TPSA) is 77.2 Å². The predicted molar refractivity (Wildman–Crippen MR) is 74.6 cm³/mol. The Morgan fingerprint density at radius 1 is 1.37 bits per heavy atom. The lowest BCUT2D eigenvalue weighted by atomic mass is 10.1. The van der Waals surface area contributed by atoms with Crippen LogP contribution in [0, 0.1) is 0 Å². The van der Waals surface area contributed by atoms with Gasteiger partial charge in [-0.15, -0.1) is 0 Å². The molecule has 0 aliphatic heterocycles. The molecule has 1 aromatic heterocycles. The summed E-state index contributed by atoms with van der Waals surface area (Å²) in [7, 11) is 1.52. The molecular weight excluding hydrogens is 266 g/mol. The summed E-state index contributed by atoms with van der Waals surface area (Å²) in [6.07, 6.45) is 1.50. The van der Waals surface area contributed by atoms with Gasteiger partial charge in [-0.05, 0) is 18.2 Å². The molecule has 0 unspecified atom stereocenters. The Kier molecular flexibility index (Phi) is 3.87. The van der Waals surface area contributed by atoms with Gasteiger partial charge in [-0.3, -0.25) is 4.79 Å². The van der Waals surface area contributed by atoms with E-state index in [1.165, 1.54) is 13.3 Å². The number of amides is 1. The fraction of sp³-hybridized carbons (Fsp3) is 0.0769. The summed E-state index contributed by atoms with van der Waals surface area (Å²) >= 11 is 5.87. The molecule has 2 aromatic rings. The molecule has 1 heterocycles. The number of pyridine rings is 1. The van der Waals surface area contributed by atoms with E-state index in [0.717, 1.165) is 0 Å². The molecule has 3 N–H and O–H groups in total. The Labute approximate surface area is 115 Å². The molecule has 0 bridgehead atoms. The first-order valence-corrected chi connectivity index (χ1v) is 5.85. The molecule has 0 aliphatic carbocycles. The lowest BCUT2D eigenvalue weighted by Crippen LogP contribution is -2.14. The summed E-state index contributed by atoms with van der Waals surface area (Å²) in [6, 6.07) is 8.23. The van der Waals surface area contributed by atoms with Crippen LogP contribution >= 0.6 is 11.6 Å². The van der Waals surface area contributed by atoms with E-state index in [0.29, 0.717) is 22.2 Å². The quantitative estimate of drug-likeness (QED) is 0.846. The van der Waals surface area contributed by atoms with Crippen molar-refractivity contribution in [3.05, 3.63) is 47.1 Å². The summed E-state index contributed by atoms with van der Waals surface area (Å²) in [4.78, 5) is 16.0. The van der Waals surface area contributed by atoms with Crippen LogP contribution in [0.4, 0.5) is 11.4 Å². The number of rotatable bonds is 3. The van der Waals surface area contributed by atoms with Gasteiger partial charge in [-0.1, -0.05) is 17.7 Å². The number of nitrogens with two attached hydrogens (primary N) is 1. The monoisotopic (exact) mass is 277 g/mol. The van der Waals surface area contributed by atoms with Crippen molar-refractivity contribution in [2.45, 2.75) is 0 Å². The third kappa shape index (κ3) is 2.95. The third-order valence-corrected chi connectivity index (χ3v) is 2.83. The first-order chi connectivity index (χ1) is 9.11. The van der Waals surface area contributed by atoms with Crippen molar-refractivity contribution < 1.29 is 9.53 Å². The van der Waals surface area contributed by atoms with E-state index in [2.05, 4.69) is 10.3 Å². The number of nitrogen functional groups attached to an aromatic ring is 1. The van der Waals surface area contributed by atoms with Crippen molar-refractivity contribution in [1.82, 2.24) is 4.98 Å². The van der Waals surface area contributed by atoms with E-state index < -0.39 is 0 Å². The van der Waals surface area contributed by atoms with E-state index in [-0.39, 0.29) is 11.6 Å². The number of ether oxygens (including phenoxy) is 1. The lowest BCUT2D eigenvalue weighted by Gasteiger charge is -2.08. The zero-order valence-electron chi connectivity index (χ0n) is 10.2. The number of para-hydroxylation sites is 1. The number of hydrogen-bond acceptors (Lipinski definition) is 4. The molecule has 0 spiro atoms. The Hall–Kier alpha value is -2.27. The van der Waals surface area contributed by atoms with Gasteiger partial charge in [0.1, 0.15) is 0 Å². The highest BCUT2D eigenvalue weighted by Gasteiger charge is 2.12. The van der Waals surface area contributed by atoms with Crippen molar-refractivity contribution in [2.24, 2.45) is 0 Å². The van der Waals surface area contributed by atoms with Crippen molar-refractivity contribution in [3.63, 3.8) is 0 Å². The second kappa shape index (κ2) is 5.58. The van der Waals surface area contributed by atoms with Gasteiger partial charge in [-0.2, -0.15) is 0 Å². The maximum absolute atomic E-state index is 12.0. The Bertz CT molecular complexity index is 599. The summed E-state index contributed by atoms with van der Waals surface area (Å²) < 4.78 is 4.93. The van der Waals surface area contributed by atoms with Crippen molar-refractivity contribution >= 4 is 28.9 Å². The van der Waals surface area contributed by atoms with Crippen LogP contribution in [0.25, 0.3) is 0 Å². The standard InChI is InChI=1S/C13H12ClN3O2/c1-19-11-6-5-8(7-16-11)17-13(18)9-3-2-4-10(14)12(9)15/h2-7H,15H2,1H3,(H,17,18). The van der Waals surface area contributed by atoms with Gasteiger partial charge in [0.25, 0.3) is 5.91 Å². The van der Waals surface area contributed by atoms with Gasteiger partial charge >= 0.3 is 0 Å². The number of hydrogen-bond donors (Lipinski definition) is 2. The van der Waals surface area contributed by atoms with Crippen LogP contribution in [-0.4, -0.2) is 18.0 Å². The molecule has 6 heteroatoms. The van der Waals surface area contributed by atoms with Crippen molar-refractivity contribution in [2.75, 3.05) is 18.2 Å². The minimum atomic E-state index is -0.341. The number of benzene rings is 1. The number of carbonyl (C=O) groups excluding carboxylic acids is 1. The van der Waals surface area contributed by atoms with Crippen LogP contribution in [0.5, 0.6) is 5.88 Å². The number of anilines is 2. The fourth-order valence-corrected chi connectivity index (χ4v) is 1.68. The molecule has 0 saturated carbocycles. The smallest absolute Gasteiger partial charge is 0.257 e. The van der Waals surface area contributed by atoms with Gasteiger partial charge in [0.2, 0.25) is 5.88 Å². The van der Waals surface area contributed by atoms with Crippen LogP contribution in [0.2, 0.25) is 5.02 Å². The minimum absolute atomic E-state index is 0.253. The normalized spacial score (nSPS) is 10.0. The van der Waals surface area contributed by atoms with Gasteiger partial charge in [0, 0.05) is 6.07 Å². The highest BCUT2D eigenvalue weighted by molar-refractivity contribution is 6.34. The lowest BCUT2D eigenvalue weighted by molar-refractivity contribution is 0.102. The first kappa shape index (κ1) is 13.2. The molecule has 0 atom stereocenters. The number of methoxy groups -OCH3 is 1. The molecule has 0 fully saturated rings. The van der Waals surface area contributed by atoms with E-state index >= 15 is 0 Å². The zero-order valence-corrected chi connectivity index (χ0v) is 10.9. The number of halogens is 1. The van der Waals surface area contributed by atoms with Gasteiger partial charge in [0.15, 0.2) is 0 Å². The number of carbonyl (C=O) groups is 1. The molecule has 0 radical (unpaired) electrons. The van der Waals surface area contributed by atoms with Crippen LogP contribution in [-0.2, 0) is 0 Å². The first-order valence-electron chi connectivity index (χ1n) is 5.47. The zero-order chi connectivity index (χ0) is 13.8. The molecule has 0 aliphatic rings. The molecule has 1 amide bonds. The summed E-state index contributed by atoms with van der Waals surface area (Å²) in [5.74, 6) is 0.132. The van der Waals surface area contributed by atoms with E-state index in [1.807, 2.05) is 0 Å². The number of nitrogens with one attached hydrogen (secondary N) is 1. The van der Waals surface area contributed by atoms with Crippen molar-refractivity contribution in [1.29, 1.82) is 0 Å². The molecule has 0 saturated heterocycles. The third-order valence-electron chi connectivity index (χ3n) is 2.50.